The molecule has 0 saturated carbocycles. The SMILES string of the molecule is Cc1oc(C(=O)O)cc1S(=O)(=O)N(C)Cc1cnn(C)c1. The lowest BCUT2D eigenvalue weighted by Crippen LogP contribution is -2.26. The molecule has 9 heteroatoms. The van der Waals surface area contributed by atoms with Crippen LogP contribution in [-0.2, 0) is 23.6 Å². The van der Waals surface area contributed by atoms with E-state index in [0.29, 0.717) is 0 Å². The highest BCUT2D eigenvalue weighted by atomic mass is 32.2. The highest BCUT2D eigenvalue weighted by molar-refractivity contribution is 7.89. The van der Waals surface area contributed by atoms with Crippen LogP contribution in [0.5, 0.6) is 0 Å². The number of carboxylic acids is 1. The minimum atomic E-state index is -3.83. The summed E-state index contributed by atoms with van der Waals surface area (Å²) in [5, 5.41) is 12.8. The number of carboxylic acid groups (broad SMARTS) is 1. The predicted molar refractivity (Wildman–Crippen MR) is 72.3 cm³/mol. The lowest BCUT2D eigenvalue weighted by atomic mass is 10.4. The Kier molecular flexibility index (Phi) is 3.88. The number of rotatable bonds is 5. The van der Waals surface area contributed by atoms with Crippen molar-refractivity contribution in [2.24, 2.45) is 7.05 Å². The summed E-state index contributed by atoms with van der Waals surface area (Å²) in [6.07, 6.45) is 3.27. The zero-order valence-corrected chi connectivity index (χ0v) is 12.6. The molecule has 114 valence electrons. The number of aryl methyl sites for hydroxylation is 2. The Morgan fingerprint density at radius 1 is 1.52 bits per heavy atom. The molecule has 0 fully saturated rings. The molecule has 0 radical (unpaired) electrons. The molecule has 0 bridgehead atoms. The molecule has 0 aromatic carbocycles. The number of hydrogen-bond donors (Lipinski definition) is 1. The normalized spacial score (nSPS) is 12.0. The van der Waals surface area contributed by atoms with E-state index in [2.05, 4.69) is 5.10 Å². The highest BCUT2D eigenvalue weighted by Gasteiger charge is 2.28. The third kappa shape index (κ3) is 2.98. The minimum Gasteiger partial charge on any atom is -0.475 e. The van der Waals surface area contributed by atoms with E-state index in [1.165, 1.54) is 14.0 Å². The Morgan fingerprint density at radius 3 is 2.67 bits per heavy atom. The Labute approximate surface area is 121 Å². The lowest BCUT2D eigenvalue weighted by molar-refractivity contribution is 0.0661. The summed E-state index contributed by atoms with van der Waals surface area (Å²) in [6.45, 7) is 1.54. The first-order valence-electron chi connectivity index (χ1n) is 5.99. The van der Waals surface area contributed by atoms with Gasteiger partial charge in [-0.1, -0.05) is 0 Å². The van der Waals surface area contributed by atoms with E-state index in [-0.39, 0.29) is 17.2 Å². The van der Waals surface area contributed by atoms with Crippen LogP contribution in [0.25, 0.3) is 0 Å². The van der Waals surface area contributed by atoms with Crippen molar-refractivity contribution in [2.45, 2.75) is 18.4 Å². The molecule has 2 heterocycles. The quantitative estimate of drug-likeness (QED) is 0.877. The molecular weight excluding hydrogens is 298 g/mol. The van der Waals surface area contributed by atoms with Crippen molar-refractivity contribution in [1.82, 2.24) is 14.1 Å². The third-order valence-electron chi connectivity index (χ3n) is 2.93. The van der Waals surface area contributed by atoms with Crippen LogP contribution in [0.1, 0.15) is 21.9 Å². The molecule has 0 saturated heterocycles. The van der Waals surface area contributed by atoms with Gasteiger partial charge in [0.15, 0.2) is 0 Å². The Morgan fingerprint density at radius 2 is 2.19 bits per heavy atom. The Bertz CT molecular complexity index is 775. The molecule has 0 aliphatic carbocycles. The topological polar surface area (TPSA) is 106 Å². The Balaban J connectivity index is 2.30. The molecule has 0 aliphatic rings. The molecule has 0 aliphatic heterocycles. The van der Waals surface area contributed by atoms with E-state index in [0.717, 1.165) is 15.9 Å². The van der Waals surface area contributed by atoms with Crippen molar-refractivity contribution in [3.05, 3.63) is 35.5 Å². The molecule has 0 unspecified atom stereocenters. The number of aromatic carboxylic acids is 1. The smallest absolute Gasteiger partial charge is 0.371 e. The molecule has 0 spiro atoms. The summed E-state index contributed by atoms with van der Waals surface area (Å²) in [7, 11) is -0.687. The maximum atomic E-state index is 12.4. The van der Waals surface area contributed by atoms with Gasteiger partial charge in [0.25, 0.3) is 0 Å². The summed E-state index contributed by atoms with van der Waals surface area (Å²) in [6, 6.07) is 1.02. The maximum absolute atomic E-state index is 12.4. The van der Waals surface area contributed by atoms with Gasteiger partial charge >= 0.3 is 5.97 Å². The van der Waals surface area contributed by atoms with Gasteiger partial charge < -0.3 is 9.52 Å². The van der Waals surface area contributed by atoms with Crippen LogP contribution in [-0.4, -0.2) is 40.6 Å². The van der Waals surface area contributed by atoms with Crippen molar-refractivity contribution < 1.29 is 22.7 Å². The van der Waals surface area contributed by atoms with Crippen molar-refractivity contribution >= 4 is 16.0 Å². The second kappa shape index (κ2) is 5.34. The zero-order valence-electron chi connectivity index (χ0n) is 11.8. The van der Waals surface area contributed by atoms with Crippen molar-refractivity contribution in [3.63, 3.8) is 0 Å². The van der Waals surface area contributed by atoms with Gasteiger partial charge in [0, 0.05) is 38.5 Å². The fourth-order valence-electron chi connectivity index (χ4n) is 1.89. The lowest BCUT2D eigenvalue weighted by Gasteiger charge is -2.15. The van der Waals surface area contributed by atoms with Gasteiger partial charge in [-0.15, -0.1) is 0 Å². The van der Waals surface area contributed by atoms with E-state index in [1.54, 1.807) is 24.1 Å². The molecule has 2 rings (SSSR count). The number of nitrogens with zero attached hydrogens (tertiary/aromatic N) is 3. The first kappa shape index (κ1) is 15.3. The first-order valence-corrected chi connectivity index (χ1v) is 7.43. The van der Waals surface area contributed by atoms with E-state index in [1.807, 2.05) is 0 Å². The summed E-state index contributed by atoms with van der Waals surface area (Å²) < 4.78 is 32.5. The maximum Gasteiger partial charge on any atom is 0.371 e. The van der Waals surface area contributed by atoms with Crippen LogP contribution < -0.4 is 0 Å². The molecule has 1 N–H and O–H groups in total. The average Bonchev–Trinajstić information content (AvgIpc) is 2.96. The van der Waals surface area contributed by atoms with E-state index in [4.69, 9.17) is 9.52 Å². The first-order chi connectivity index (χ1) is 9.71. The van der Waals surface area contributed by atoms with E-state index < -0.39 is 21.8 Å². The van der Waals surface area contributed by atoms with Gasteiger partial charge in [-0.3, -0.25) is 4.68 Å². The van der Waals surface area contributed by atoms with Crippen LogP contribution in [0.15, 0.2) is 27.8 Å². The van der Waals surface area contributed by atoms with Gasteiger partial charge in [-0.2, -0.15) is 9.40 Å². The van der Waals surface area contributed by atoms with Crippen LogP contribution in [0.4, 0.5) is 0 Å². The largest absolute Gasteiger partial charge is 0.475 e. The van der Waals surface area contributed by atoms with Crippen LogP contribution in [0.2, 0.25) is 0 Å². The zero-order chi connectivity index (χ0) is 15.8. The molecule has 8 nitrogen and oxygen atoms in total. The predicted octanol–water partition coefficient (Wildman–Crippen LogP) is 0.840. The molecule has 0 amide bonds. The number of sulfonamides is 1. The second-order valence-corrected chi connectivity index (χ2v) is 6.63. The van der Waals surface area contributed by atoms with Gasteiger partial charge in [-0.05, 0) is 6.92 Å². The molecule has 2 aromatic rings. The third-order valence-corrected chi connectivity index (χ3v) is 4.85. The van der Waals surface area contributed by atoms with Crippen LogP contribution >= 0.6 is 0 Å². The summed E-state index contributed by atoms with van der Waals surface area (Å²) in [5.41, 5.74) is 0.725. The number of hydrogen-bond acceptors (Lipinski definition) is 5. The van der Waals surface area contributed by atoms with E-state index in [9.17, 15) is 13.2 Å². The fraction of sp³-hybridized carbons (Fsp3) is 0.333. The molecule has 0 atom stereocenters. The minimum absolute atomic E-state index is 0.0467. The van der Waals surface area contributed by atoms with E-state index >= 15 is 0 Å². The van der Waals surface area contributed by atoms with Crippen LogP contribution in [0, 0.1) is 6.92 Å². The summed E-state index contributed by atoms with van der Waals surface area (Å²) >= 11 is 0. The number of carbonyl (C=O) groups is 1. The van der Waals surface area contributed by atoms with Gasteiger partial charge in [0.2, 0.25) is 15.8 Å². The summed E-state index contributed by atoms with van der Waals surface area (Å²) in [4.78, 5) is 10.7. The summed E-state index contributed by atoms with van der Waals surface area (Å²) in [5.74, 6) is -1.67. The van der Waals surface area contributed by atoms with Gasteiger partial charge in [0.05, 0.1) is 6.20 Å². The average molecular weight is 313 g/mol. The number of aromatic nitrogens is 2. The standard InChI is InChI=1S/C12H15N3O5S/c1-8-11(4-10(20-8)12(16)17)21(18,19)15(3)7-9-5-13-14(2)6-9/h4-6H,7H2,1-3H3,(H,16,17). The monoisotopic (exact) mass is 313 g/mol. The number of furan rings is 1. The fourth-order valence-corrected chi connectivity index (χ4v) is 3.21. The van der Waals surface area contributed by atoms with Gasteiger partial charge in [0.1, 0.15) is 10.7 Å². The highest BCUT2D eigenvalue weighted by Crippen LogP contribution is 2.24. The van der Waals surface area contributed by atoms with Crippen molar-refractivity contribution in [3.8, 4) is 0 Å². The van der Waals surface area contributed by atoms with Crippen LogP contribution in [0.3, 0.4) is 0 Å². The van der Waals surface area contributed by atoms with Crippen molar-refractivity contribution in [2.75, 3.05) is 7.05 Å². The van der Waals surface area contributed by atoms with Gasteiger partial charge in [-0.25, -0.2) is 13.2 Å². The van der Waals surface area contributed by atoms with Crippen molar-refractivity contribution in [1.29, 1.82) is 0 Å². The second-order valence-electron chi connectivity index (χ2n) is 4.62. The Hall–Kier alpha value is -2.13. The molecular formula is C12H15N3O5S. The molecule has 21 heavy (non-hydrogen) atoms. The molecule has 2 aromatic heterocycles.